The van der Waals surface area contributed by atoms with Crippen LogP contribution in [0.3, 0.4) is 0 Å². The topological polar surface area (TPSA) is 17.1 Å². The second kappa shape index (κ2) is 5.53. The van der Waals surface area contributed by atoms with Crippen LogP contribution in [0.5, 0.6) is 0 Å². The van der Waals surface area contributed by atoms with Gasteiger partial charge >= 0.3 is 0 Å². The zero-order chi connectivity index (χ0) is 13.2. The second-order valence-electron chi connectivity index (χ2n) is 5.36. The van der Waals surface area contributed by atoms with E-state index in [-0.39, 0.29) is 16.0 Å². The van der Waals surface area contributed by atoms with Crippen LogP contribution < -0.4 is 0 Å². The summed E-state index contributed by atoms with van der Waals surface area (Å²) in [5, 5.41) is 0.736. The van der Waals surface area contributed by atoms with Crippen LogP contribution in [0.25, 0.3) is 0 Å². The molecule has 0 saturated carbocycles. The van der Waals surface area contributed by atoms with Gasteiger partial charge in [0, 0.05) is 10.4 Å². The van der Waals surface area contributed by atoms with Crippen molar-refractivity contribution in [3.05, 3.63) is 34.3 Å². The number of hydrogen-bond acceptors (Lipinski definition) is 1. The summed E-state index contributed by atoms with van der Waals surface area (Å²) in [5.41, 5.74) is 1.98. The van der Waals surface area contributed by atoms with Crippen molar-refractivity contribution in [1.82, 2.24) is 0 Å². The largest absolute Gasteiger partial charge is 0.298 e. The molecule has 0 bridgehead atoms. The average Bonchev–Trinajstić information content (AvgIpc) is 2.19. The molecule has 0 aromatic heterocycles. The Morgan fingerprint density at radius 3 is 2.47 bits per heavy atom. The van der Waals surface area contributed by atoms with E-state index in [0.717, 1.165) is 16.1 Å². The van der Waals surface area contributed by atoms with Gasteiger partial charge in [-0.15, -0.1) is 0 Å². The number of hydrogen-bond donors (Lipinski definition) is 0. The highest BCUT2D eigenvalue weighted by Crippen LogP contribution is 2.25. The molecule has 1 unspecified atom stereocenters. The number of carbonyl (C=O) groups is 1. The zero-order valence-electron chi connectivity index (χ0n) is 10.7. The van der Waals surface area contributed by atoms with Crippen molar-refractivity contribution in [3.8, 4) is 0 Å². The van der Waals surface area contributed by atoms with E-state index in [9.17, 15) is 4.79 Å². The molecule has 0 heterocycles. The van der Waals surface area contributed by atoms with Crippen molar-refractivity contribution in [2.24, 2.45) is 5.41 Å². The normalized spacial score (nSPS) is 13.5. The fourth-order valence-corrected chi connectivity index (χ4v) is 2.91. The van der Waals surface area contributed by atoms with Crippen LogP contribution >= 0.6 is 27.5 Å². The van der Waals surface area contributed by atoms with Gasteiger partial charge in [-0.3, -0.25) is 4.79 Å². The molecule has 1 aromatic rings. The van der Waals surface area contributed by atoms with Crippen molar-refractivity contribution < 1.29 is 4.79 Å². The van der Waals surface area contributed by atoms with Gasteiger partial charge < -0.3 is 0 Å². The Morgan fingerprint density at radius 1 is 1.41 bits per heavy atom. The number of alkyl halides is 1. The van der Waals surface area contributed by atoms with E-state index in [1.54, 1.807) is 0 Å². The van der Waals surface area contributed by atoms with E-state index < -0.39 is 0 Å². The molecule has 0 aliphatic rings. The van der Waals surface area contributed by atoms with Gasteiger partial charge in [-0.2, -0.15) is 0 Å². The highest BCUT2D eigenvalue weighted by molar-refractivity contribution is 9.10. The maximum absolute atomic E-state index is 12.1. The Kier molecular flexibility index (Phi) is 4.79. The molecule has 0 radical (unpaired) electrons. The number of halogens is 2. The van der Waals surface area contributed by atoms with Crippen molar-refractivity contribution in [3.63, 3.8) is 0 Å². The molecule has 0 spiro atoms. The SMILES string of the molecule is Cc1cc(Cl)ccc1CC(Br)C(=O)C(C)(C)C. The van der Waals surface area contributed by atoms with Gasteiger partial charge in [0.05, 0.1) is 4.83 Å². The van der Waals surface area contributed by atoms with Crippen LogP contribution in [0.4, 0.5) is 0 Å². The summed E-state index contributed by atoms with van der Waals surface area (Å²) in [6, 6.07) is 5.78. The zero-order valence-corrected chi connectivity index (χ0v) is 13.0. The maximum atomic E-state index is 12.1. The third kappa shape index (κ3) is 4.11. The van der Waals surface area contributed by atoms with Gasteiger partial charge in [0.15, 0.2) is 5.78 Å². The molecule has 94 valence electrons. The summed E-state index contributed by atoms with van der Waals surface area (Å²) in [4.78, 5) is 11.9. The minimum Gasteiger partial charge on any atom is -0.298 e. The minimum absolute atomic E-state index is 0.137. The van der Waals surface area contributed by atoms with Crippen LogP contribution in [-0.2, 0) is 11.2 Å². The number of rotatable bonds is 3. The Hall–Kier alpha value is -0.340. The predicted molar refractivity (Wildman–Crippen MR) is 77.1 cm³/mol. The van der Waals surface area contributed by atoms with Crippen molar-refractivity contribution >= 4 is 33.3 Å². The first-order chi connectivity index (χ1) is 7.71. The number of benzene rings is 1. The summed E-state index contributed by atoms with van der Waals surface area (Å²) in [6.45, 7) is 7.84. The van der Waals surface area contributed by atoms with Gasteiger partial charge in [-0.1, -0.05) is 54.4 Å². The van der Waals surface area contributed by atoms with Crippen LogP contribution in [0.2, 0.25) is 5.02 Å². The first-order valence-corrected chi connectivity index (χ1v) is 6.94. The van der Waals surface area contributed by atoms with E-state index in [0.29, 0.717) is 6.42 Å². The van der Waals surface area contributed by atoms with Gasteiger partial charge in [0.1, 0.15) is 0 Å². The molecule has 1 rings (SSSR count). The predicted octanol–water partition coefficient (Wildman–Crippen LogP) is 4.57. The fourth-order valence-electron chi connectivity index (χ4n) is 1.64. The molecule has 1 nitrogen and oxygen atoms in total. The Labute approximate surface area is 117 Å². The van der Waals surface area contributed by atoms with E-state index in [1.165, 1.54) is 0 Å². The third-order valence-corrected chi connectivity index (χ3v) is 3.70. The maximum Gasteiger partial charge on any atom is 0.152 e. The third-order valence-electron chi connectivity index (χ3n) is 2.73. The molecule has 0 amide bonds. The molecule has 1 aromatic carbocycles. The van der Waals surface area contributed by atoms with E-state index in [4.69, 9.17) is 11.6 Å². The molecule has 0 fully saturated rings. The summed E-state index contributed by atoms with van der Waals surface area (Å²) in [6.07, 6.45) is 0.707. The molecular formula is C14H18BrClO. The minimum atomic E-state index is -0.311. The van der Waals surface area contributed by atoms with Crippen LogP contribution in [0.15, 0.2) is 18.2 Å². The molecule has 0 aliphatic heterocycles. The summed E-state index contributed by atoms with van der Waals surface area (Å²) in [5.74, 6) is 0.229. The van der Waals surface area contributed by atoms with Crippen LogP contribution in [-0.4, -0.2) is 10.6 Å². The fraction of sp³-hybridized carbons (Fsp3) is 0.500. The molecular weight excluding hydrogens is 300 g/mol. The summed E-state index contributed by atoms with van der Waals surface area (Å²) in [7, 11) is 0. The van der Waals surface area contributed by atoms with Crippen molar-refractivity contribution in [2.75, 3.05) is 0 Å². The van der Waals surface area contributed by atoms with Crippen LogP contribution in [0.1, 0.15) is 31.9 Å². The van der Waals surface area contributed by atoms with Gasteiger partial charge in [0.25, 0.3) is 0 Å². The quantitative estimate of drug-likeness (QED) is 0.746. The molecule has 0 saturated heterocycles. The monoisotopic (exact) mass is 316 g/mol. The van der Waals surface area contributed by atoms with Gasteiger partial charge in [-0.25, -0.2) is 0 Å². The Morgan fingerprint density at radius 2 is 2.00 bits per heavy atom. The van der Waals surface area contributed by atoms with E-state index >= 15 is 0 Å². The lowest BCUT2D eigenvalue weighted by Gasteiger charge is -2.21. The molecule has 1 atom stereocenters. The highest BCUT2D eigenvalue weighted by atomic mass is 79.9. The standard InChI is InChI=1S/C14H18BrClO/c1-9-7-11(16)6-5-10(9)8-12(15)13(17)14(2,3)4/h5-7,12H,8H2,1-4H3. The molecule has 3 heteroatoms. The van der Waals surface area contributed by atoms with Crippen LogP contribution in [0, 0.1) is 12.3 Å². The number of ketones is 1. The number of carbonyl (C=O) groups excluding carboxylic acids is 1. The first-order valence-electron chi connectivity index (χ1n) is 5.65. The van der Waals surface area contributed by atoms with E-state index in [1.807, 2.05) is 45.9 Å². The average molecular weight is 318 g/mol. The molecule has 0 N–H and O–H groups in total. The summed E-state index contributed by atoms with van der Waals surface area (Å²) >= 11 is 9.40. The van der Waals surface area contributed by atoms with Crippen molar-refractivity contribution in [1.29, 1.82) is 0 Å². The number of aryl methyl sites for hydroxylation is 1. The smallest absolute Gasteiger partial charge is 0.152 e. The second-order valence-corrected chi connectivity index (χ2v) is 6.90. The Balaban J connectivity index is 2.81. The molecule has 0 aliphatic carbocycles. The van der Waals surface area contributed by atoms with Crippen molar-refractivity contribution in [2.45, 2.75) is 38.9 Å². The Bertz CT molecular complexity index is 421. The molecule has 17 heavy (non-hydrogen) atoms. The lowest BCUT2D eigenvalue weighted by atomic mass is 9.87. The van der Waals surface area contributed by atoms with E-state index in [2.05, 4.69) is 15.9 Å². The lowest BCUT2D eigenvalue weighted by Crippen LogP contribution is -2.30. The lowest BCUT2D eigenvalue weighted by molar-refractivity contribution is -0.125. The highest BCUT2D eigenvalue weighted by Gasteiger charge is 2.28. The van der Waals surface area contributed by atoms with Gasteiger partial charge in [0.2, 0.25) is 0 Å². The summed E-state index contributed by atoms with van der Waals surface area (Å²) < 4.78 is 0. The first kappa shape index (κ1) is 14.7. The van der Waals surface area contributed by atoms with Gasteiger partial charge in [-0.05, 0) is 36.6 Å². The number of Topliss-reactive ketones (excluding diaryl/α,β-unsaturated/α-hetero) is 1.